The van der Waals surface area contributed by atoms with Crippen molar-refractivity contribution in [3.63, 3.8) is 0 Å². The van der Waals surface area contributed by atoms with E-state index in [1.807, 2.05) is 12.1 Å². The zero-order valence-electron chi connectivity index (χ0n) is 12.7. The lowest BCUT2D eigenvalue weighted by atomic mass is 10.2. The maximum atomic E-state index is 6.32. The van der Waals surface area contributed by atoms with E-state index >= 15 is 0 Å². The van der Waals surface area contributed by atoms with Crippen LogP contribution in [0.1, 0.15) is 51.6 Å². The first kappa shape index (κ1) is 15.6. The fourth-order valence-corrected chi connectivity index (χ4v) is 3.07. The molecule has 0 spiro atoms. The largest absolute Gasteiger partial charge is 0.370 e. The van der Waals surface area contributed by atoms with Crippen molar-refractivity contribution in [3.05, 3.63) is 22.8 Å². The molecule has 1 aromatic heterocycles. The topological polar surface area (TPSA) is 28.2 Å². The van der Waals surface area contributed by atoms with E-state index in [-0.39, 0.29) is 0 Å². The summed E-state index contributed by atoms with van der Waals surface area (Å²) < 4.78 is 0. The van der Waals surface area contributed by atoms with Gasteiger partial charge in [0.2, 0.25) is 0 Å². The molecule has 0 amide bonds. The van der Waals surface area contributed by atoms with Crippen LogP contribution in [-0.2, 0) is 6.54 Å². The molecule has 112 valence electrons. The Labute approximate surface area is 127 Å². The summed E-state index contributed by atoms with van der Waals surface area (Å²) >= 11 is 6.32. The molecule has 4 heteroatoms. The maximum absolute atomic E-state index is 6.32. The van der Waals surface area contributed by atoms with E-state index in [1.54, 1.807) is 0 Å². The molecule has 1 fully saturated rings. The van der Waals surface area contributed by atoms with Crippen molar-refractivity contribution in [1.29, 1.82) is 0 Å². The van der Waals surface area contributed by atoms with Crippen molar-refractivity contribution in [3.8, 4) is 0 Å². The van der Waals surface area contributed by atoms with Gasteiger partial charge < -0.3 is 5.32 Å². The van der Waals surface area contributed by atoms with Gasteiger partial charge in [0.05, 0.1) is 10.7 Å². The summed E-state index contributed by atoms with van der Waals surface area (Å²) in [6, 6.07) is 4.64. The van der Waals surface area contributed by atoms with E-state index in [0.717, 1.165) is 42.6 Å². The molecule has 0 aliphatic heterocycles. The number of hydrogen-bond acceptors (Lipinski definition) is 3. The zero-order chi connectivity index (χ0) is 14.4. The van der Waals surface area contributed by atoms with Crippen molar-refractivity contribution in [2.24, 2.45) is 0 Å². The number of rotatable bonds is 7. The Balaban J connectivity index is 2.05. The molecule has 1 aliphatic rings. The fraction of sp³-hybridized carbons (Fsp3) is 0.688. The van der Waals surface area contributed by atoms with Gasteiger partial charge in [-0.15, -0.1) is 0 Å². The summed E-state index contributed by atoms with van der Waals surface area (Å²) in [5.74, 6) is 0.939. The van der Waals surface area contributed by atoms with E-state index in [0.29, 0.717) is 6.04 Å². The van der Waals surface area contributed by atoms with E-state index in [1.165, 1.54) is 25.7 Å². The van der Waals surface area contributed by atoms with Gasteiger partial charge in [-0.2, -0.15) is 0 Å². The summed E-state index contributed by atoms with van der Waals surface area (Å²) in [5.41, 5.74) is 1.00. The molecule has 20 heavy (non-hydrogen) atoms. The second-order valence-corrected chi connectivity index (χ2v) is 5.96. The van der Waals surface area contributed by atoms with Gasteiger partial charge in [-0.1, -0.05) is 38.3 Å². The van der Waals surface area contributed by atoms with Gasteiger partial charge in [-0.25, -0.2) is 4.98 Å². The molecular formula is C16H26ClN3. The number of nitrogens with one attached hydrogen (secondary N) is 1. The summed E-state index contributed by atoms with van der Waals surface area (Å²) in [6.07, 6.45) is 6.46. The quantitative estimate of drug-likeness (QED) is 0.812. The Hall–Kier alpha value is -0.800. The Morgan fingerprint density at radius 1 is 1.30 bits per heavy atom. The number of aromatic nitrogens is 1. The summed E-state index contributed by atoms with van der Waals surface area (Å²) in [5, 5.41) is 4.12. The zero-order valence-corrected chi connectivity index (χ0v) is 13.4. The minimum atomic E-state index is 0.713. The van der Waals surface area contributed by atoms with Crippen LogP contribution in [0.15, 0.2) is 12.1 Å². The molecule has 0 atom stereocenters. The Kier molecular flexibility index (Phi) is 6.11. The van der Waals surface area contributed by atoms with Gasteiger partial charge in [0.25, 0.3) is 0 Å². The van der Waals surface area contributed by atoms with Crippen LogP contribution in [0.5, 0.6) is 0 Å². The lowest BCUT2D eigenvalue weighted by molar-refractivity contribution is 0.198. The molecule has 1 saturated carbocycles. The minimum absolute atomic E-state index is 0.713. The smallest absolute Gasteiger partial charge is 0.126 e. The summed E-state index contributed by atoms with van der Waals surface area (Å²) in [6.45, 7) is 7.26. The molecule has 0 aromatic carbocycles. The molecule has 0 saturated heterocycles. The van der Waals surface area contributed by atoms with Crippen molar-refractivity contribution in [1.82, 2.24) is 9.88 Å². The van der Waals surface area contributed by atoms with Crippen LogP contribution in [0.2, 0.25) is 5.02 Å². The molecule has 1 aliphatic carbocycles. The van der Waals surface area contributed by atoms with Gasteiger partial charge >= 0.3 is 0 Å². The van der Waals surface area contributed by atoms with E-state index in [4.69, 9.17) is 11.6 Å². The maximum Gasteiger partial charge on any atom is 0.126 e. The normalized spacial score (nSPS) is 16.0. The van der Waals surface area contributed by atoms with E-state index < -0.39 is 0 Å². The highest BCUT2D eigenvalue weighted by Gasteiger charge is 2.22. The van der Waals surface area contributed by atoms with Gasteiger partial charge in [0, 0.05) is 19.1 Å². The predicted octanol–water partition coefficient (Wildman–Crippen LogP) is 4.32. The highest BCUT2D eigenvalue weighted by molar-refractivity contribution is 6.31. The molecule has 0 radical (unpaired) electrons. The monoisotopic (exact) mass is 295 g/mol. The third-order valence-corrected chi connectivity index (χ3v) is 4.42. The Morgan fingerprint density at radius 2 is 2.05 bits per heavy atom. The number of pyridine rings is 1. The minimum Gasteiger partial charge on any atom is -0.370 e. The highest BCUT2D eigenvalue weighted by Crippen LogP contribution is 2.26. The Morgan fingerprint density at radius 3 is 2.70 bits per heavy atom. The standard InChI is InChI=1S/C16H26ClN3/c1-3-11-18-16-10-9-14(17)15(19-16)12-20(4-2)13-7-5-6-8-13/h9-10,13H,3-8,11-12H2,1-2H3,(H,18,19). The third kappa shape index (κ3) is 4.10. The first-order valence-electron chi connectivity index (χ1n) is 7.88. The van der Waals surface area contributed by atoms with Crippen molar-refractivity contribution < 1.29 is 0 Å². The van der Waals surface area contributed by atoms with Crippen LogP contribution >= 0.6 is 11.6 Å². The first-order valence-corrected chi connectivity index (χ1v) is 8.25. The number of nitrogens with zero attached hydrogens (tertiary/aromatic N) is 2. The van der Waals surface area contributed by atoms with E-state index in [9.17, 15) is 0 Å². The van der Waals surface area contributed by atoms with Gasteiger partial charge in [-0.3, -0.25) is 4.90 Å². The van der Waals surface area contributed by atoms with E-state index in [2.05, 4.69) is 29.0 Å². The average molecular weight is 296 g/mol. The fourth-order valence-electron chi connectivity index (χ4n) is 2.91. The molecule has 0 bridgehead atoms. The van der Waals surface area contributed by atoms with Gasteiger partial charge in [0.15, 0.2) is 0 Å². The molecule has 1 heterocycles. The lowest BCUT2D eigenvalue weighted by Crippen LogP contribution is -2.33. The van der Waals surface area contributed by atoms with Gasteiger partial charge in [0.1, 0.15) is 5.82 Å². The van der Waals surface area contributed by atoms with Crippen molar-refractivity contribution >= 4 is 17.4 Å². The summed E-state index contributed by atoms with van der Waals surface area (Å²) in [4.78, 5) is 7.20. The van der Waals surface area contributed by atoms with Crippen LogP contribution in [0, 0.1) is 0 Å². The molecule has 3 nitrogen and oxygen atoms in total. The highest BCUT2D eigenvalue weighted by atomic mass is 35.5. The van der Waals surface area contributed by atoms with Crippen molar-refractivity contribution in [2.45, 2.75) is 58.5 Å². The summed E-state index contributed by atoms with van der Waals surface area (Å²) in [7, 11) is 0. The Bertz CT molecular complexity index is 416. The SMILES string of the molecule is CCCNc1ccc(Cl)c(CN(CC)C2CCCC2)n1. The molecular weight excluding hydrogens is 270 g/mol. The van der Waals surface area contributed by atoms with Crippen LogP contribution < -0.4 is 5.32 Å². The van der Waals surface area contributed by atoms with Crippen molar-refractivity contribution in [2.75, 3.05) is 18.4 Å². The first-order chi connectivity index (χ1) is 9.74. The lowest BCUT2D eigenvalue weighted by Gasteiger charge is -2.27. The average Bonchev–Trinajstić information content (AvgIpc) is 2.99. The third-order valence-electron chi connectivity index (χ3n) is 4.07. The number of anilines is 1. The van der Waals surface area contributed by atoms with Crippen LogP contribution in [-0.4, -0.2) is 29.0 Å². The molecule has 2 rings (SSSR count). The van der Waals surface area contributed by atoms with Gasteiger partial charge in [-0.05, 0) is 37.9 Å². The molecule has 1 N–H and O–H groups in total. The van der Waals surface area contributed by atoms with Crippen LogP contribution in [0.3, 0.4) is 0 Å². The number of hydrogen-bond donors (Lipinski definition) is 1. The second kappa shape index (κ2) is 7.84. The van der Waals surface area contributed by atoms with Crippen LogP contribution in [0.4, 0.5) is 5.82 Å². The molecule has 1 aromatic rings. The predicted molar refractivity (Wildman–Crippen MR) is 86.4 cm³/mol. The molecule has 0 unspecified atom stereocenters. The number of halogens is 1. The second-order valence-electron chi connectivity index (χ2n) is 5.55. The van der Waals surface area contributed by atoms with Crippen LogP contribution in [0.25, 0.3) is 0 Å².